The lowest BCUT2D eigenvalue weighted by Gasteiger charge is -2.43. The van der Waals surface area contributed by atoms with Crippen LogP contribution in [0.25, 0.3) is 0 Å². The first-order valence-corrected chi connectivity index (χ1v) is 7.33. The lowest BCUT2D eigenvalue weighted by molar-refractivity contribution is 0.0481. The maximum Gasteiger partial charge on any atom is 0.0224 e. The molecule has 2 heteroatoms. The van der Waals surface area contributed by atoms with Crippen molar-refractivity contribution in [2.24, 2.45) is 0 Å². The molecule has 0 spiro atoms. The number of rotatable bonds is 5. The number of piperazine rings is 1. The Labute approximate surface area is 101 Å². The van der Waals surface area contributed by atoms with Crippen LogP contribution in [0.2, 0.25) is 0 Å². The molecule has 0 bridgehead atoms. The Morgan fingerprint density at radius 2 is 2.00 bits per heavy atom. The van der Waals surface area contributed by atoms with Crippen molar-refractivity contribution >= 4 is 0 Å². The van der Waals surface area contributed by atoms with Gasteiger partial charge >= 0.3 is 0 Å². The van der Waals surface area contributed by atoms with Crippen molar-refractivity contribution in [2.45, 2.75) is 64.5 Å². The zero-order chi connectivity index (χ0) is 11.4. The molecule has 0 N–H and O–H groups in total. The fourth-order valence-corrected chi connectivity index (χ4v) is 3.37. The van der Waals surface area contributed by atoms with E-state index in [1.54, 1.807) is 0 Å². The first-order valence-electron chi connectivity index (χ1n) is 7.33. The molecule has 2 rings (SSSR count). The van der Waals surface area contributed by atoms with Gasteiger partial charge in [-0.05, 0) is 38.8 Å². The molecule has 2 aliphatic heterocycles. The van der Waals surface area contributed by atoms with Gasteiger partial charge in [0.2, 0.25) is 0 Å². The van der Waals surface area contributed by atoms with E-state index in [-0.39, 0.29) is 0 Å². The molecule has 0 radical (unpaired) electrons. The molecule has 0 amide bonds. The molecule has 2 atom stereocenters. The van der Waals surface area contributed by atoms with Crippen LogP contribution in [0.5, 0.6) is 0 Å². The number of unbranched alkanes of at least 4 members (excludes halogenated alkanes) is 2. The van der Waals surface area contributed by atoms with Gasteiger partial charge in [-0.2, -0.15) is 0 Å². The van der Waals surface area contributed by atoms with Crippen molar-refractivity contribution in [3.8, 4) is 0 Å². The van der Waals surface area contributed by atoms with Crippen molar-refractivity contribution < 1.29 is 0 Å². The Bertz CT molecular complexity index is 205. The van der Waals surface area contributed by atoms with Crippen LogP contribution in [0.15, 0.2) is 0 Å². The number of nitrogens with zero attached hydrogens (tertiary/aromatic N) is 2. The van der Waals surface area contributed by atoms with Crippen molar-refractivity contribution in [3.05, 3.63) is 0 Å². The molecule has 2 saturated heterocycles. The lowest BCUT2D eigenvalue weighted by Crippen LogP contribution is -2.55. The Hall–Kier alpha value is -0.0800. The highest BCUT2D eigenvalue weighted by atomic mass is 15.3. The van der Waals surface area contributed by atoms with Crippen molar-refractivity contribution in [1.82, 2.24) is 9.80 Å². The summed E-state index contributed by atoms with van der Waals surface area (Å²) in [5.41, 5.74) is 0. The molecular formula is C14H28N2. The second kappa shape index (κ2) is 6.02. The monoisotopic (exact) mass is 224 g/mol. The molecular weight excluding hydrogens is 196 g/mol. The van der Waals surface area contributed by atoms with E-state index in [2.05, 4.69) is 23.6 Å². The number of hydrogen-bond donors (Lipinski definition) is 0. The molecule has 2 nitrogen and oxygen atoms in total. The first-order chi connectivity index (χ1) is 7.85. The second-order valence-corrected chi connectivity index (χ2v) is 5.56. The summed E-state index contributed by atoms with van der Waals surface area (Å²) in [5.74, 6) is 0. The summed E-state index contributed by atoms with van der Waals surface area (Å²) in [4.78, 5) is 5.52. The summed E-state index contributed by atoms with van der Waals surface area (Å²) in [6, 6.07) is 1.73. The summed E-state index contributed by atoms with van der Waals surface area (Å²) in [6.45, 7) is 10.1. The summed E-state index contributed by atoms with van der Waals surface area (Å²) in [6.07, 6.45) is 8.36. The molecule has 0 saturated carbocycles. The van der Waals surface area contributed by atoms with Crippen LogP contribution in [-0.4, -0.2) is 48.1 Å². The number of fused-ring (bicyclic) bond motifs is 1. The van der Waals surface area contributed by atoms with Crippen molar-refractivity contribution in [3.63, 3.8) is 0 Å². The van der Waals surface area contributed by atoms with Crippen LogP contribution < -0.4 is 0 Å². The van der Waals surface area contributed by atoms with Crippen LogP contribution in [-0.2, 0) is 0 Å². The Morgan fingerprint density at radius 1 is 1.12 bits per heavy atom. The Kier molecular flexibility index (Phi) is 4.66. The predicted octanol–water partition coefficient (Wildman–Crippen LogP) is 2.74. The largest absolute Gasteiger partial charge is 0.298 e. The van der Waals surface area contributed by atoms with Gasteiger partial charge in [-0.15, -0.1) is 0 Å². The van der Waals surface area contributed by atoms with E-state index in [0.29, 0.717) is 0 Å². The average molecular weight is 224 g/mol. The van der Waals surface area contributed by atoms with E-state index in [1.165, 1.54) is 64.7 Å². The normalized spacial score (nSPS) is 31.9. The minimum Gasteiger partial charge on any atom is -0.298 e. The van der Waals surface area contributed by atoms with E-state index >= 15 is 0 Å². The summed E-state index contributed by atoms with van der Waals surface area (Å²) in [5, 5.41) is 0. The minimum absolute atomic E-state index is 0.839. The quantitative estimate of drug-likeness (QED) is 0.663. The molecule has 2 fully saturated rings. The molecule has 2 aliphatic rings. The average Bonchev–Trinajstić information content (AvgIpc) is 2.75. The number of hydrogen-bond acceptors (Lipinski definition) is 2. The predicted molar refractivity (Wildman–Crippen MR) is 69.8 cm³/mol. The highest BCUT2D eigenvalue weighted by Crippen LogP contribution is 2.25. The summed E-state index contributed by atoms with van der Waals surface area (Å²) in [7, 11) is 0. The fourth-order valence-electron chi connectivity index (χ4n) is 3.37. The molecule has 94 valence electrons. The molecule has 16 heavy (non-hydrogen) atoms. The highest BCUT2D eigenvalue weighted by molar-refractivity contribution is 4.91. The smallest absolute Gasteiger partial charge is 0.0224 e. The van der Waals surface area contributed by atoms with Crippen LogP contribution >= 0.6 is 0 Å². The zero-order valence-electron chi connectivity index (χ0n) is 11.1. The van der Waals surface area contributed by atoms with Gasteiger partial charge < -0.3 is 0 Å². The van der Waals surface area contributed by atoms with Gasteiger partial charge in [0.05, 0.1) is 0 Å². The maximum absolute atomic E-state index is 2.78. The third kappa shape index (κ3) is 2.78. The summed E-state index contributed by atoms with van der Waals surface area (Å²) >= 11 is 0. The topological polar surface area (TPSA) is 6.48 Å². The summed E-state index contributed by atoms with van der Waals surface area (Å²) < 4.78 is 0. The van der Waals surface area contributed by atoms with E-state index in [1.807, 2.05) is 0 Å². The van der Waals surface area contributed by atoms with Crippen LogP contribution in [0.4, 0.5) is 0 Å². The Balaban J connectivity index is 1.84. The van der Waals surface area contributed by atoms with Crippen LogP contribution in [0.1, 0.15) is 52.4 Å². The first kappa shape index (κ1) is 12.4. The molecule has 2 unspecified atom stereocenters. The van der Waals surface area contributed by atoms with Gasteiger partial charge in [0, 0.05) is 25.2 Å². The van der Waals surface area contributed by atoms with E-state index in [9.17, 15) is 0 Å². The van der Waals surface area contributed by atoms with Gasteiger partial charge in [0.25, 0.3) is 0 Å². The van der Waals surface area contributed by atoms with Crippen molar-refractivity contribution in [1.29, 1.82) is 0 Å². The minimum atomic E-state index is 0.839. The maximum atomic E-state index is 2.78. The molecule has 2 heterocycles. The van der Waals surface area contributed by atoms with Crippen LogP contribution in [0, 0.1) is 0 Å². The van der Waals surface area contributed by atoms with E-state index in [0.717, 1.165) is 12.1 Å². The van der Waals surface area contributed by atoms with Gasteiger partial charge in [0.15, 0.2) is 0 Å². The van der Waals surface area contributed by atoms with Gasteiger partial charge in [-0.1, -0.05) is 26.7 Å². The third-order valence-electron chi connectivity index (χ3n) is 4.43. The van der Waals surface area contributed by atoms with Gasteiger partial charge in [-0.3, -0.25) is 9.80 Å². The Morgan fingerprint density at radius 3 is 2.75 bits per heavy atom. The second-order valence-electron chi connectivity index (χ2n) is 5.56. The third-order valence-corrected chi connectivity index (χ3v) is 4.43. The molecule has 0 aromatic heterocycles. The molecule has 0 aromatic carbocycles. The zero-order valence-corrected chi connectivity index (χ0v) is 11.1. The van der Waals surface area contributed by atoms with E-state index in [4.69, 9.17) is 0 Å². The van der Waals surface area contributed by atoms with Crippen LogP contribution in [0.3, 0.4) is 0 Å². The molecule has 0 aliphatic carbocycles. The lowest BCUT2D eigenvalue weighted by atomic mass is 10.0. The fraction of sp³-hybridized carbons (Fsp3) is 1.00. The van der Waals surface area contributed by atoms with Gasteiger partial charge in [0.1, 0.15) is 0 Å². The SMILES string of the molecule is CCCCCN1CC2CCCN2CC1CC. The molecule has 0 aromatic rings. The van der Waals surface area contributed by atoms with Gasteiger partial charge in [-0.25, -0.2) is 0 Å². The standard InChI is InChI=1S/C14H28N2/c1-3-5-6-9-15-12-14-8-7-10-16(14)11-13(15)4-2/h13-14H,3-12H2,1-2H3. The highest BCUT2D eigenvalue weighted by Gasteiger charge is 2.34. The van der Waals surface area contributed by atoms with Crippen molar-refractivity contribution in [2.75, 3.05) is 26.2 Å². The van der Waals surface area contributed by atoms with E-state index < -0.39 is 0 Å².